The summed E-state index contributed by atoms with van der Waals surface area (Å²) in [4.78, 5) is 8.16. The molecule has 0 saturated carbocycles. The van der Waals surface area contributed by atoms with Crippen molar-refractivity contribution in [2.75, 3.05) is 52.9 Å². The van der Waals surface area contributed by atoms with E-state index in [1.807, 2.05) is 0 Å². The first-order chi connectivity index (χ1) is 12.0. The minimum atomic E-state index is -4.12. The molecule has 2 rings (SSSR count). The van der Waals surface area contributed by atoms with Crippen LogP contribution in [0.4, 0.5) is 13.2 Å². The zero-order valence-electron chi connectivity index (χ0n) is 15.7. The molecule has 0 bridgehead atoms. The largest absolute Gasteiger partial charge is 0.401 e. The molecule has 0 spiro atoms. The van der Waals surface area contributed by atoms with Gasteiger partial charge in [0.2, 0.25) is 0 Å². The van der Waals surface area contributed by atoms with Gasteiger partial charge in [0, 0.05) is 32.7 Å². The minimum absolute atomic E-state index is 0. The smallest absolute Gasteiger partial charge is 0.356 e. The molecule has 154 valence electrons. The lowest BCUT2D eigenvalue weighted by molar-refractivity contribution is -0.143. The van der Waals surface area contributed by atoms with Gasteiger partial charge in [-0.2, -0.15) is 13.2 Å². The van der Waals surface area contributed by atoms with Gasteiger partial charge >= 0.3 is 6.18 Å². The highest BCUT2D eigenvalue weighted by Gasteiger charge is 2.34. The summed E-state index contributed by atoms with van der Waals surface area (Å²) in [6, 6.07) is 0.0270. The number of alkyl halides is 3. The molecule has 0 radical (unpaired) electrons. The molecule has 0 aromatic heterocycles. The van der Waals surface area contributed by atoms with Gasteiger partial charge in [-0.3, -0.25) is 9.89 Å². The van der Waals surface area contributed by atoms with E-state index in [1.54, 1.807) is 7.05 Å². The van der Waals surface area contributed by atoms with Crippen LogP contribution in [0.2, 0.25) is 0 Å². The number of hydrogen-bond donors (Lipinski definition) is 2. The monoisotopic (exact) mass is 491 g/mol. The van der Waals surface area contributed by atoms with Gasteiger partial charge in [-0.1, -0.05) is 12.8 Å². The number of likely N-dealkylation sites (tertiary alicyclic amines) is 2. The quantitative estimate of drug-likeness (QED) is 0.260. The average Bonchev–Trinajstić information content (AvgIpc) is 2.81. The minimum Gasteiger partial charge on any atom is -0.356 e. The molecule has 0 amide bonds. The highest BCUT2D eigenvalue weighted by molar-refractivity contribution is 14.0. The summed E-state index contributed by atoms with van der Waals surface area (Å²) in [5.74, 6) is 0.690. The number of rotatable bonds is 6. The second-order valence-electron chi connectivity index (χ2n) is 7.09. The zero-order chi connectivity index (χ0) is 18.1. The molecule has 9 heteroatoms. The molecule has 0 aromatic rings. The Morgan fingerprint density at radius 3 is 2.38 bits per heavy atom. The molecule has 2 saturated heterocycles. The Hall–Kier alpha value is -0.290. The van der Waals surface area contributed by atoms with Crippen LogP contribution in [0.25, 0.3) is 0 Å². The van der Waals surface area contributed by atoms with E-state index in [9.17, 15) is 13.2 Å². The number of nitrogens with one attached hydrogen (secondary N) is 2. The first kappa shape index (κ1) is 23.7. The lowest BCUT2D eigenvalue weighted by Gasteiger charge is -2.21. The number of nitrogens with zero attached hydrogens (tertiary/aromatic N) is 3. The Kier molecular flexibility index (Phi) is 11.2. The molecule has 2 fully saturated rings. The molecule has 2 N–H and O–H groups in total. The van der Waals surface area contributed by atoms with Crippen LogP contribution in [0.5, 0.6) is 0 Å². The van der Waals surface area contributed by atoms with Gasteiger partial charge in [0.25, 0.3) is 0 Å². The predicted molar refractivity (Wildman–Crippen MR) is 110 cm³/mol. The predicted octanol–water partition coefficient (Wildman–Crippen LogP) is 2.67. The highest BCUT2D eigenvalue weighted by atomic mass is 127. The fourth-order valence-corrected chi connectivity index (χ4v) is 3.60. The number of aliphatic imine (C=N–C) groups is 1. The Bertz CT molecular complexity index is 412. The van der Waals surface area contributed by atoms with Crippen molar-refractivity contribution < 1.29 is 13.2 Å². The van der Waals surface area contributed by atoms with E-state index in [1.165, 1.54) is 43.7 Å². The molecule has 0 aromatic carbocycles. The van der Waals surface area contributed by atoms with Gasteiger partial charge in [0.1, 0.15) is 0 Å². The summed E-state index contributed by atoms with van der Waals surface area (Å²) < 4.78 is 37.3. The van der Waals surface area contributed by atoms with Crippen LogP contribution in [0.15, 0.2) is 4.99 Å². The van der Waals surface area contributed by atoms with Crippen LogP contribution in [-0.2, 0) is 0 Å². The van der Waals surface area contributed by atoms with Crippen LogP contribution in [0, 0.1) is 0 Å². The van der Waals surface area contributed by atoms with E-state index >= 15 is 0 Å². The van der Waals surface area contributed by atoms with Crippen LogP contribution in [0.1, 0.15) is 38.5 Å². The van der Waals surface area contributed by atoms with Gasteiger partial charge in [0.05, 0.1) is 6.54 Å². The number of hydrogen-bond acceptors (Lipinski definition) is 3. The summed E-state index contributed by atoms with van der Waals surface area (Å²) >= 11 is 0. The molecule has 2 aliphatic rings. The second kappa shape index (κ2) is 12.2. The van der Waals surface area contributed by atoms with E-state index in [4.69, 9.17) is 0 Å². The normalized spacial score (nSPS) is 23.4. The molecule has 5 nitrogen and oxygen atoms in total. The van der Waals surface area contributed by atoms with Crippen LogP contribution < -0.4 is 10.6 Å². The van der Waals surface area contributed by atoms with Crippen molar-refractivity contribution >= 4 is 29.9 Å². The van der Waals surface area contributed by atoms with Gasteiger partial charge in [-0.25, -0.2) is 0 Å². The van der Waals surface area contributed by atoms with E-state index in [2.05, 4.69) is 20.5 Å². The third kappa shape index (κ3) is 9.59. The summed E-state index contributed by atoms with van der Waals surface area (Å²) in [6.07, 6.45) is 2.92. The van der Waals surface area contributed by atoms with Crippen LogP contribution in [0.3, 0.4) is 0 Å². The van der Waals surface area contributed by atoms with Crippen molar-refractivity contribution in [3.05, 3.63) is 0 Å². The maximum absolute atomic E-state index is 12.4. The topological polar surface area (TPSA) is 42.9 Å². The summed E-state index contributed by atoms with van der Waals surface area (Å²) in [5, 5.41) is 6.53. The van der Waals surface area contributed by atoms with Crippen molar-refractivity contribution in [3.63, 3.8) is 0 Å². The van der Waals surface area contributed by atoms with E-state index in [0.29, 0.717) is 25.5 Å². The second-order valence-corrected chi connectivity index (χ2v) is 7.09. The molecule has 1 atom stereocenters. The average molecular weight is 491 g/mol. The van der Waals surface area contributed by atoms with Crippen molar-refractivity contribution in [3.8, 4) is 0 Å². The van der Waals surface area contributed by atoms with Crippen molar-refractivity contribution in [1.29, 1.82) is 0 Å². The molecule has 1 unspecified atom stereocenters. The maximum atomic E-state index is 12.4. The first-order valence-corrected chi connectivity index (χ1v) is 9.45. The standard InChI is InChI=1S/C17H32F3N5.HI/c1-21-16(22-8-6-11-24-9-4-2-3-5-10-24)23-15-7-12-25(13-15)14-17(18,19)20;/h15H,2-14H2,1H3,(H2,21,22,23);1H. The van der Waals surface area contributed by atoms with E-state index in [0.717, 1.165) is 19.5 Å². The fraction of sp³-hybridized carbons (Fsp3) is 0.941. The molecular weight excluding hydrogens is 458 g/mol. The summed E-state index contributed by atoms with van der Waals surface area (Å²) in [6.45, 7) is 4.38. The molecule has 0 aliphatic carbocycles. The third-order valence-electron chi connectivity index (χ3n) is 4.88. The van der Waals surface area contributed by atoms with Crippen LogP contribution in [-0.4, -0.2) is 80.8 Å². The lowest BCUT2D eigenvalue weighted by atomic mass is 10.2. The zero-order valence-corrected chi connectivity index (χ0v) is 18.0. The summed E-state index contributed by atoms with van der Waals surface area (Å²) in [5.41, 5.74) is 0. The Morgan fingerprint density at radius 2 is 1.77 bits per heavy atom. The van der Waals surface area contributed by atoms with E-state index < -0.39 is 12.7 Å². The van der Waals surface area contributed by atoms with Crippen LogP contribution >= 0.6 is 24.0 Å². The highest BCUT2D eigenvalue weighted by Crippen LogP contribution is 2.19. The molecule has 2 aliphatic heterocycles. The molecular formula is C17H33F3IN5. The Labute approximate surface area is 172 Å². The van der Waals surface area contributed by atoms with Gasteiger partial charge < -0.3 is 15.5 Å². The Balaban J connectivity index is 0.00000338. The van der Waals surface area contributed by atoms with Gasteiger partial charge in [-0.15, -0.1) is 24.0 Å². The first-order valence-electron chi connectivity index (χ1n) is 9.45. The van der Waals surface area contributed by atoms with Gasteiger partial charge in [-0.05, 0) is 45.3 Å². The number of halogens is 4. The molecule has 2 heterocycles. The summed E-state index contributed by atoms with van der Waals surface area (Å²) in [7, 11) is 1.70. The SMILES string of the molecule is CN=C(NCCCN1CCCCCC1)NC1CCN(CC(F)(F)F)C1.I. The Morgan fingerprint density at radius 1 is 1.08 bits per heavy atom. The van der Waals surface area contributed by atoms with Crippen molar-refractivity contribution in [2.24, 2.45) is 4.99 Å². The number of guanidine groups is 1. The maximum Gasteiger partial charge on any atom is 0.401 e. The van der Waals surface area contributed by atoms with Crippen molar-refractivity contribution in [2.45, 2.75) is 50.7 Å². The fourth-order valence-electron chi connectivity index (χ4n) is 3.60. The molecule has 26 heavy (non-hydrogen) atoms. The van der Waals surface area contributed by atoms with Crippen molar-refractivity contribution in [1.82, 2.24) is 20.4 Å². The van der Waals surface area contributed by atoms with E-state index in [-0.39, 0.29) is 30.0 Å². The third-order valence-corrected chi connectivity index (χ3v) is 4.88. The van der Waals surface area contributed by atoms with Gasteiger partial charge in [0.15, 0.2) is 5.96 Å². The lowest BCUT2D eigenvalue weighted by Crippen LogP contribution is -2.45.